The Morgan fingerprint density at radius 1 is 0.911 bits per heavy atom. The number of amides is 1. The summed E-state index contributed by atoms with van der Waals surface area (Å²) in [6.45, 7) is 5.47. The first kappa shape index (κ1) is 31.8. The molecule has 1 saturated heterocycles. The average molecular weight is 684 g/mol. The van der Waals surface area contributed by atoms with Gasteiger partial charge in [-0.25, -0.2) is 13.2 Å². The fraction of sp³-hybridized carbons (Fsp3) is 0.353. The monoisotopic (exact) mass is 683 g/mol. The first-order valence-electron chi connectivity index (χ1n) is 14.8. The Morgan fingerprint density at radius 2 is 1.53 bits per heavy atom. The zero-order valence-corrected chi connectivity index (χ0v) is 28.5. The molecule has 0 N–H and O–H groups in total. The summed E-state index contributed by atoms with van der Waals surface area (Å²) in [5.74, 6) is -1.02. The van der Waals surface area contributed by atoms with Gasteiger partial charge in [0.15, 0.2) is 9.84 Å². The van der Waals surface area contributed by atoms with E-state index in [-0.39, 0.29) is 44.2 Å². The molecule has 0 radical (unpaired) electrons. The lowest BCUT2D eigenvalue weighted by Crippen LogP contribution is -2.40. The summed E-state index contributed by atoms with van der Waals surface area (Å²) in [5, 5.41) is 0. The number of hydrogen-bond acceptors (Lipinski definition) is 8. The van der Waals surface area contributed by atoms with Gasteiger partial charge in [-0.3, -0.25) is 4.79 Å². The van der Waals surface area contributed by atoms with Gasteiger partial charge >= 0.3 is 12.1 Å². The number of ether oxygens (including phenoxy) is 2. The van der Waals surface area contributed by atoms with E-state index in [1.165, 1.54) is 27.6 Å². The first-order chi connectivity index (χ1) is 21.4. The molecule has 4 aromatic rings. The van der Waals surface area contributed by atoms with Crippen LogP contribution in [0.2, 0.25) is 4.34 Å². The van der Waals surface area contributed by atoms with Crippen molar-refractivity contribution in [2.45, 2.75) is 49.9 Å². The summed E-state index contributed by atoms with van der Waals surface area (Å²) in [6, 6.07) is 23.5. The summed E-state index contributed by atoms with van der Waals surface area (Å²) < 4.78 is 38.9. The zero-order chi connectivity index (χ0) is 32.0. The van der Waals surface area contributed by atoms with Crippen LogP contribution >= 0.6 is 34.3 Å². The molecule has 2 aliphatic rings. The second kappa shape index (κ2) is 12.2. The highest BCUT2D eigenvalue weighted by atomic mass is 35.5. The number of sulfone groups is 1. The van der Waals surface area contributed by atoms with E-state index in [2.05, 4.69) is 24.3 Å². The molecular weight excluding hydrogens is 650 g/mol. The van der Waals surface area contributed by atoms with Gasteiger partial charge in [0, 0.05) is 33.6 Å². The number of rotatable bonds is 6. The van der Waals surface area contributed by atoms with Gasteiger partial charge in [-0.15, -0.1) is 22.7 Å². The van der Waals surface area contributed by atoms with Gasteiger partial charge in [0.1, 0.15) is 17.0 Å². The number of carbonyl (C=O) groups is 2. The summed E-state index contributed by atoms with van der Waals surface area (Å²) in [5.41, 5.74) is 3.67. The maximum atomic E-state index is 14.2. The Bertz CT molecular complexity index is 1810. The van der Waals surface area contributed by atoms with Crippen LogP contribution in [0.3, 0.4) is 0 Å². The van der Waals surface area contributed by atoms with E-state index in [9.17, 15) is 18.0 Å². The molecule has 1 aliphatic heterocycles. The molecule has 0 saturated carbocycles. The van der Waals surface area contributed by atoms with Crippen molar-refractivity contribution in [2.75, 3.05) is 25.4 Å². The van der Waals surface area contributed by atoms with Crippen LogP contribution in [0.15, 0.2) is 72.8 Å². The molecule has 0 spiro atoms. The van der Waals surface area contributed by atoms with Crippen LogP contribution in [0, 0.1) is 0 Å². The third kappa shape index (κ3) is 6.30. The van der Waals surface area contributed by atoms with E-state index in [1.807, 2.05) is 36.4 Å². The van der Waals surface area contributed by atoms with Gasteiger partial charge in [0.05, 0.1) is 16.5 Å². The second-order valence-electron chi connectivity index (χ2n) is 12.4. The lowest BCUT2D eigenvalue weighted by molar-refractivity contribution is -0.155. The SMILES string of the molecule is CC(C)(C)OC(=O)CC1(c2ccc(-c3ccc(Cl)s3)s2)CCN(C(=O)OCC2c3ccccc3-c3ccccc32)CCS1(=O)=O. The number of hydrogen-bond donors (Lipinski definition) is 0. The molecule has 1 fully saturated rings. The van der Waals surface area contributed by atoms with Crippen molar-refractivity contribution in [1.82, 2.24) is 4.90 Å². The number of carbonyl (C=O) groups excluding carboxylic acids is 2. The molecule has 45 heavy (non-hydrogen) atoms. The van der Waals surface area contributed by atoms with Crippen LogP contribution in [-0.2, 0) is 28.9 Å². The van der Waals surface area contributed by atoms with Gasteiger partial charge in [0.2, 0.25) is 0 Å². The van der Waals surface area contributed by atoms with Crippen LogP contribution in [0.4, 0.5) is 4.79 Å². The van der Waals surface area contributed by atoms with Gasteiger partial charge in [0.25, 0.3) is 0 Å². The smallest absolute Gasteiger partial charge is 0.409 e. The largest absolute Gasteiger partial charge is 0.460 e. The van der Waals surface area contributed by atoms with Crippen LogP contribution < -0.4 is 0 Å². The number of thiophene rings is 2. The van der Waals surface area contributed by atoms with Crippen LogP contribution in [-0.4, -0.2) is 56.4 Å². The number of esters is 1. The standard InChI is InChI=1S/C34H34ClNO6S3/c1-33(2,3)42-31(37)20-34(29-14-12-27(43-29)28-13-15-30(35)44-28)16-17-36(18-19-45(34,39)40)32(38)41-21-26-24-10-6-4-8-22(24)23-9-5-7-11-25(23)26/h4-15,26H,16-21H2,1-3H3. The molecule has 236 valence electrons. The molecule has 1 aliphatic carbocycles. The van der Waals surface area contributed by atoms with Crippen LogP contribution in [0.25, 0.3) is 20.9 Å². The van der Waals surface area contributed by atoms with Gasteiger partial charge in [-0.2, -0.15) is 0 Å². The van der Waals surface area contributed by atoms with Crippen molar-refractivity contribution in [3.05, 3.63) is 93.1 Å². The maximum absolute atomic E-state index is 14.2. The molecule has 0 bridgehead atoms. The molecular formula is C34H34ClNO6S3. The molecule has 1 atom stereocenters. The summed E-state index contributed by atoms with van der Waals surface area (Å²) >= 11 is 8.90. The molecule has 2 aromatic heterocycles. The Hall–Kier alpha value is -3.18. The summed E-state index contributed by atoms with van der Waals surface area (Å²) in [6.07, 6.45) is -0.888. The maximum Gasteiger partial charge on any atom is 0.409 e. The third-order valence-corrected chi connectivity index (χ3v) is 13.7. The fourth-order valence-corrected chi connectivity index (χ4v) is 10.9. The Kier molecular flexibility index (Phi) is 8.62. The Morgan fingerprint density at radius 3 is 2.16 bits per heavy atom. The quantitative estimate of drug-likeness (QED) is 0.191. The van der Waals surface area contributed by atoms with E-state index in [0.717, 1.165) is 32.0 Å². The topological polar surface area (TPSA) is 90.0 Å². The van der Waals surface area contributed by atoms with Crippen molar-refractivity contribution in [2.24, 2.45) is 0 Å². The van der Waals surface area contributed by atoms with Crippen LogP contribution in [0.1, 0.15) is 55.5 Å². The Balaban J connectivity index is 1.25. The molecule has 3 heterocycles. The van der Waals surface area contributed by atoms with Gasteiger partial charge in [-0.1, -0.05) is 60.1 Å². The minimum Gasteiger partial charge on any atom is -0.460 e. The normalized spacial score (nSPS) is 19.4. The fourth-order valence-electron chi connectivity index (χ4n) is 6.21. The van der Waals surface area contributed by atoms with E-state index in [0.29, 0.717) is 9.21 Å². The van der Waals surface area contributed by atoms with E-state index in [1.54, 1.807) is 32.9 Å². The minimum absolute atomic E-state index is 0.0317. The highest BCUT2D eigenvalue weighted by molar-refractivity contribution is 7.92. The summed E-state index contributed by atoms with van der Waals surface area (Å²) in [7, 11) is -3.93. The van der Waals surface area contributed by atoms with Crippen molar-refractivity contribution < 1.29 is 27.5 Å². The van der Waals surface area contributed by atoms with Crippen molar-refractivity contribution in [3.8, 4) is 20.9 Å². The third-order valence-electron chi connectivity index (χ3n) is 8.33. The van der Waals surface area contributed by atoms with Gasteiger partial charge in [-0.05, 0) is 73.7 Å². The molecule has 2 aromatic carbocycles. The van der Waals surface area contributed by atoms with E-state index < -0.39 is 32.2 Å². The highest BCUT2D eigenvalue weighted by Crippen LogP contribution is 2.47. The molecule has 11 heteroatoms. The predicted octanol–water partition coefficient (Wildman–Crippen LogP) is 8.13. The predicted molar refractivity (Wildman–Crippen MR) is 180 cm³/mol. The summed E-state index contributed by atoms with van der Waals surface area (Å²) in [4.78, 5) is 30.5. The van der Waals surface area contributed by atoms with Crippen LogP contribution in [0.5, 0.6) is 0 Å². The van der Waals surface area contributed by atoms with Crippen molar-refractivity contribution >= 4 is 56.2 Å². The van der Waals surface area contributed by atoms with E-state index in [4.69, 9.17) is 21.1 Å². The number of fused-ring (bicyclic) bond motifs is 3. The minimum atomic E-state index is -3.93. The molecule has 1 amide bonds. The second-order valence-corrected chi connectivity index (χ2v) is 17.6. The average Bonchev–Trinajstić information content (AvgIpc) is 3.70. The van der Waals surface area contributed by atoms with Gasteiger partial charge < -0.3 is 14.4 Å². The number of nitrogens with zero attached hydrogens (tertiary/aromatic N) is 1. The molecule has 7 nitrogen and oxygen atoms in total. The zero-order valence-electron chi connectivity index (χ0n) is 25.2. The number of benzene rings is 2. The Labute approximate surface area is 276 Å². The van der Waals surface area contributed by atoms with E-state index >= 15 is 0 Å². The first-order valence-corrected chi connectivity index (χ1v) is 18.4. The highest BCUT2D eigenvalue weighted by Gasteiger charge is 2.51. The lowest BCUT2D eigenvalue weighted by atomic mass is 9.97. The number of halogens is 1. The molecule has 1 unspecified atom stereocenters. The van der Waals surface area contributed by atoms with Crippen molar-refractivity contribution in [3.63, 3.8) is 0 Å². The van der Waals surface area contributed by atoms with Crippen molar-refractivity contribution in [1.29, 1.82) is 0 Å². The molecule has 6 rings (SSSR count). The lowest BCUT2D eigenvalue weighted by Gasteiger charge is -2.31.